The van der Waals surface area contributed by atoms with Crippen molar-refractivity contribution in [3.05, 3.63) is 81.2 Å². The third-order valence-corrected chi connectivity index (χ3v) is 7.81. The van der Waals surface area contributed by atoms with Crippen LogP contribution in [0.3, 0.4) is 0 Å². The molecule has 1 aliphatic rings. The molecule has 4 nitrogen and oxygen atoms in total. The molecule has 0 spiro atoms. The van der Waals surface area contributed by atoms with Crippen molar-refractivity contribution in [3.8, 4) is 0 Å². The van der Waals surface area contributed by atoms with E-state index in [2.05, 4.69) is 0 Å². The van der Waals surface area contributed by atoms with Gasteiger partial charge in [0.05, 0.1) is 10.1 Å². The molecular formula is C22H20O4S2. The van der Waals surface area contributed by atoms with Gasteiger partial charge in [-0.25, -0.2) is 9.59 Å². The van der Waals surface area contributed by atoms with Crippen LogP contribution in [0.4, 0.5) is 0 Å². The Bertz CT molecular complexity index is 1050. The molecule has 6 heteroatoms. The van der Waals surface area contributed by atoms with Crippen molar-refractivity contribution in [1.29, 1.82) is 0 Å². The number of rotatable bonds is 5. The van der Waals surface area contributed by atoms with Crippen LogP contribution in [0.1, 0.15) is 38.6 Å². The highest BCUT2D eigenvalue weighted by Gasteiger charge is 2.19. The zero-order chi connectivity index (χ0) is 19.5. The Morgan fingerprint density at radius 2 is 1.86 bits per heavy atom. The molecule has 0 atom stereocenters. The van der Waals surface area contributed by atoms with E-state index in [-0.39, 0.29) is 6.61 Å². The third kappa shape index (κ3) is 4.13. The van der Waals surface area contributed by atoms with E-state index >= 15 is 0 Å². The number of esters is 1. The van der Waals surface area contributed by atoms with Gasteiger partial charge in [0.25, 0.3) is 0 Å². The van der Waals surface area contributed by atoms with E-state index < -0.39 is 11.6 Å². The SMILES string of the molecule is CCc1ccc2c(COC(=O)c3ccc(C4SCCS4)cc3)cc(=O)oc2c1. The van der Waals surface area contributed by atoms with Gasteiger partial charge in [-0.05, 0) is 35.7 Å². The van der Waals surface area contributed by atoms with Crippen molar-refractivity contribution in [2.45, 2.75) is 24.5 Å². The number of hydrogen-bond donors (Lipinski definition) is 0. The largest absolute Gasteiger partial charge is 0.457 e. The van der Waals surface area contributed by atoms with Crippen LogP contribution in [-0.4, -0.2) is 17.5 Å². The van der Waals surface area contributed by atoms with E-state index in [4.69, 9.17) is 9.15 Å². The second kappa shape index (κ2) is 8.45. The number of benzene rings is 2. The number of ether oxygens (including phenoxy) is 1. The molecule has 28 heavy (non-hydrogen) atoms. The highest BCUT2D eigenvalue weighted by atomic mass is 32.2. The van der Waals surface area contributed by atoms with E-state index in [1.807, 2.05) is 72.9 Å². The maximum absolute atomic E-state index is 12.4. The minimum atomic E-state index is -0.442. The second-order valence-corrected chi connectivity index (χ2v) is 9.27. The minimum absolute atomic E-state index is 0.0302. The molecule has 0 saturated carbocycles. The summed E-state index contributed by atoms with van der Waals surface area (Å²) in [7, 11) is 0. The van der Waals surface area contributed by atoms with E-state index in [1.165, 1.54) is 11.6 Å². The van der Waals surface area contributed by atoms with Gasteiger partial charge in [-0.15, -0.1) is 23.5 Å². The summed E-state index contributed by atoms with van der Waals surface area (Å²) in [6.45, 7) is 2.07. The molecule has 4 rings (SSSR count). The Balaban J connectivity index is 1.49. The summed E-state index contributed by atoms with van der Waals surface area (Å²) in [5.74, 6) is 1.93. The Morgan fingerprint density at radius 3 is 2.57 bits per heavy atom. The van der Waals surface area contributed by atoms with E-state index in [0.29, 0.717) is 21.3 Å². The Labute approximate surface area is 171 Å². The lowest BCUT2D eigenvalue weighted by molar-refractivity contribution is 0.0474. The van der Waals surface area contributed by atoms with Crippen molar-refractivity contribution >= 4 is 40.5 Å². The van der Waals surface area contributed by atoms with Crippen molar-refractivity contribution in [2.24, 2.45) is 0 Å². The van der Waals surface area contributed by atoms with Gasteiger partial charge in [0.2, 0.25) is 0 Å². The van der Waals surface area contributed by atoms with Crippen molar-refractivity contribution < 1.29 is 13.9 Å². The first-order valence-corrected chi connectivity index (χ1v) is 11.3. The molecule has 2 aromatic carbocycles. The molecule has 0 N–H and O–H groups in total. The van der Waals surface area contributed by atoms with E-state index in [1.54, 1.807) is 0 Å². The van der Waals surface area contributed by atoms with Gasteiger partial charge < -0.3 is 9.15 Å². The molecule has 1 aromatic heterocycles. The summed E-state index contributed by atoms with van der Waals surface area (Å²) in [5.41, 5.74) is 3.55. The average Bonchev–Trinajstić information content (AvgIpc) is 3.26. The lowest BCUT2D eigenvalue weighted by Crippen LogP contribution is -2.08. The van der Waals surface area contributed by atoms with Gasteiger partial charge in [-0.1, -0.05) is 31.2 Å². The minimum Gasteiger partial charge on any atom is -0.457 e. The summed E-state index contributed by atoms with van der Waals surface area (Å²) in [4.78, 5) is 24.3. The topological polar surface area (TPSA) is 56.5 Å². The number of hydrogen-bond acceptors (Lipinski definition) is 6. The maximum Gasteiger partial charge on any atom is 0.338 e. The van der Waals surface area contributed by atoms with Crippen LogP contribution in [0.25, 0.3) is 11.0 Å². The molecule has 144 valence electrons. The van der Waals surface area contributed by atoms with Crippen LogP contribution >= 0.6 is 23.5 Å². The average molecular weight is 413 g/mol. The monoisotopic (exact) mass is 412 g/mol. The molecule has 0 unspecified atom stereocenters. The Morgan fingerprint density at radius 1 is 1.11 bits per heavy atom. The molecule has 0 radical (unpaired) electrons. The molecule has 1 fully saturated rings. The first kappa shape index (κ1) is 19.2. The van der Waals surface area contributed by atoms with Gasteiger partial charge in [0.15, 0.2) is 0 Å². The zero-order valence-corrected chi connectivity index (χ0v) is 17.1. The fourth-order valence-electron chi connectivity index (χ4n) is 3.17. The van der Waals surface area contributed by atoms with E-state index in [9.17, 15) is 9.59 Å². The van der Waals surface area contributed by atoms with Crippen LogP contribution in [-0.2, 0) is 17.8 Å². The van der Waals surface area contributed by atoms with Gasteiger partial charge in [-0.2, -0.15) is 0 Å². The van der Waals surface area contributed by atoms with Crippen LogP contribution in [0.5, 0.6) is 0 Å². The second-order valence-electron chi connectivity index (χ2n) is 6.55. The normalized spacial score (nSPS) is 14.5. The standard InChI is InChI=1S/C22H20O4S2/c1-2-14-3-8-18-17(12-20(23)26-19(18)11-14)13-25-21(24)15-4-6-16(7-5-15)22-27-9-10-28-22/h3-8,11-12,22H,2,9-10,13H2,1H3. The molecular weight excluding hydrogens is 392 g/mol. The number of carbonyl (C=O) groups is 1. The van der Waals surface area contributed by atoms with Gasteiger partial charge in [0.1, 0.15) is 12.2 Å². The van der Waals surface area contributed by atoms with Crippen molar-refractivity contribution in [1.82, 2.24) is 0 Å². The number of carbonyl (C=O) groups excluding carboxylic acids is 1. The predicted octanol–water partition coefficient (Wildman–Crippen LogP) is 5.19. The summed E-state index contributed by atoms with van der Waals surface area (Å²) in [5, 5.41) is 0.787. The third-order valence-electron chi connectivity index (χ3n) is 4.70. The molecule has 3 aromatic rings. The van der Waals surface area contributed by atoms with Crippen molar-refractivity contribution in [3.63, 3.8) is 0 Å². The predicted molar refractivity (Wildman–Crippen MR) is 115 cm³/mol. The number of fused-ring (bicyclic) bond motifs is 1. The van der Waals surface area contributed by atoms with Gasteiger partial charge in [-0.3, -0.25) is 0 Å². The quantitative estimate of drug-likeness (QED) is 0.425. The number of aryl methyl sites for hydroxylation is 1. The zero-order valence-electron chi connectivity index (χ0n) is 15.5. The maximum atomic E-state index is 12.4. The molecule has 0 amide bonds. The lowest BCUT2D eigenvalue weighted by Gasteiger charge is -2.10. The van der Waals surface area contributed by atoms with Crippen LogP contribution in [0.2, 0.25) is 0 Å². The lowest BCUT2D eigenvalue weighted by atomic mass is 10.1. The van der Waals surface area contributed by atoms with E-state index in [0.717, 1.165) is 28.9 Å². The van der Waals surface area contributed by atoms with Gasteiger partial charge >= 0.3 is 11.6 Å². The fourth-order valence-corrected chi connectivity index (χ4v) is 6.03. The number of thioether (sulfide) groups is 2. The molecule has 0 bridgehead atoms. The summed E-state index contributed by atoms with van der Waals surface area (Å²) >= 11 is 3.86. The smallest absolute Gasteiger partial charge is 0.338 e. The molecule has 1 saturated heterocycles. The Hall–Kier alpha value is -2.18. The molecule has 0 aliphatic carbocycles. The van der Waals surface area contributed by atoms with Gasteiger partial charge in [0, 0.05) is 28.5 Å². The van der Waals surface area contributed by atoms with Crippen LogP contribution in [0, 0.1) is 0 Å². The molecule has 1 aliphatic heterocycles. The summed E-state index contributed by atoms with van der Waals surface area (Å²) in [6, 6.07) is 14.7. The van der Waals surface area contributed by atoms with Crippen LogP contribution < -0.4 is 5.63 Å². The van der Waals surface area contributed by atoms with Crippen LogP contribution in [0.15, 0.2) is 57.7 Å². The first-order valence-electron chi connectivity index (χ1n) is 9.20. The Kier molecular flexibility index (Phi) is 5.78. The highest BCUT2D eigenvalue weighted by molar-refractivity contribution is 8.19. The molecule has 2 heterocycles. The highest BCUT2D eigenvalue weighted by Crippen LogP contribution is 2.45. The summed E-state index contributed by atoms with van der Waals surface area (Å²) in [6.07, 6.45) is 0.854. The summed E-state index contributed by atoms with van der Waals surface area (Å²) < 4.78 is 11.2. The van der Waals surface area contributed by atoms with Crippen molar-refractivity contribution in [2.75, 3.05) is 11.5 Å². The first-order chi connectivity index (χ1) is 13.6. The fraction of sp³-hybridized carbons (Fsp3) is 0.273.